The maximum atomic E-state index is 6.19. The number of ether oxygens (including phenoxy) is 2. The van der Waals surface area contributed by atoms with Gasteiger partial charge in [-0.25, -0.2) is 0 Å². The lowest BCUT2D eigenvalue weighted by Crippen LogP contribution is -2.43. The zero-order valence-electron chi connectivity index (χ0n) is 11.2. The summed E-state index contributed by atoms with van der Waals surface area (Å²) in [6, 6.07) is 0. The highest BCUT2D eigenvalue weighted by Gasteiger charge is 2.40. The van der Waals surface area contributed by atoms with E-state index in [1.54, 1.807) is 0 Å². The SMILES string of the molecule is C1CC(COC2CCOC3(CCSC3)C2)CCN1. The van der Waals surface area contributed by atoms with Crippen molar-refractivity contribution in [3.63, 3.8) is 0 Å². The van der Waals surface area contributed by atoms with Crippen molar-refractivity contribution < 1.29 is 9.47 Å². The maximum absolute atomic E-state index is 6.19. The van der Waals surface area contributed by atoms with Gasteiger partial charge in [0, 0.05) is 25.4 Å². The highest BCUT2D eigenvalue weighted by Crippen LogP contribution is 2.39. The van der Waals surface area contributed by atoms with Crippen molar-refractivity contribution >= 4 is 11.8 Å². The Morgan fingerprint density at radius 3 is 2.94 bits per heavy atom. The minimum absolute atomic E-state index is 0.168. The Morgan fingerprint density at radius 1 is 1.28 bits per heavy atom. The third kappa shape index (κ3) is 3.21. The van der Waals surface area contributed by atoms with Gasteiger partial charge in [0.2, 0.25) is 0 Å². The first kappa shape index (κ1) is 13.2. The molecule has 0 radical (unpaired) electrons. The Kier molecular flexibility index (Phi) is 4.50. The van der Waals surface area contributed by atoms with E-state index in [0.29, 0.717) is 6.10 Å². The lowest BCUT2D eigenvalue weighted by molar-refractivity contribution is -0.125. The number of hydrogen-bond acceptors (Lipinski definition) is 4. The first-order valence-corrected chi connectivity index (χ1v) is 8.56. The molecule has 0 aromatic heterocycles. The van der Waals surface area contributed by atoms with E-state index in [4.69, 9.17) is 9.47 Å². The van der Waals surface area contributed by atoms with Crippen LogP contribution in [0.4, 0.5) is 0 Å². The number of piperidine rings is 1. The molecule has 3 aliphatic heterocycles. The van der Waals surface area contributed by atoms with Crippen LogP contribution in [0.25, 0.3) is 0 Å². The Hall–Kier alpha value is 0.230. The van der Waals surface area contributed by atoms with E-state index in [-0.39, 0.29) is 5.60 Å². The summed E-state index contributed by atoms with van der Waals surface area (Å²) in [7, 11) is 0. The van der Waals surface area contributed by atoms with Gasteiger partial charge in [0.05, 0.1) is 11.7 Å². The fourth-order valence-electron chi connectivity index (χ4n) is 3.31. The normalized spacial score (nSPS) is 38.3. The summed E-state index contributed by atoms with van der Waals surface area (Å²) in [5, 5.41) is 3.41. The molecule has 2 unspecified atom stereocenters. The van der Waals surface area contributed by atoms with Crippen molar-refractivity contribution in [3.05, 3.63) is 0 Å². The fourth-order valence-corrected chi connectivity index (χ4v) is 4.69. The van der Waals surface area contributed by atoms with Gasteiger partial charge in [0.25, 0.3) is 0 Å². The average Bonchev–Trinajstić information content (AvgIpc) is 2.86. The minimum atomic E-state index is 0.168. The van der Waals surface area contributed by atoms with Crippen LogP contribution in [-0.2, 0) is 9.47 Å². The second-order valence-corrected chi connectivity index (χ2v) is 7.08. The molecule has 0 aliphatic carbocycles. The van der Waals surface area contributed by atoms with Gasteiger partial charge in [0.1, 0.15) is 0 Å². The summed E-state index contributed by atoms with van der Waals surface area (Å²) in [4.78, 5) is 0. The largest absolute Gasteiger partial charge is 0.378 e. The second-order valence-electron chi connectivity index (χ2n) is 5.98. The molecule has 0 amide bonds. The molecule has 0 bridgehead atoms. The fraction of sp³-hybridized carbons (Fsp3) is 1.00. The molecule has 3 fully saturated rings. The van der Waals surface area contributed by atoms with Gasteiger partial charge in [-0.15, -0.1) is 0 Å². The lowest BCUT2D eigenvalue weighted by Gasteiger charge is -2.38. The summed E-state index contributed by atoms with van der Waals surface area (Å²) in [6.45, 7) is 4.21. The van der Waals surface area contributed by atoms with Crippen LogP contribution >= 0.6 is 11.8 Å². The third-order valence-corrected chi connectivity index (χ3v) is 5.76. The first-order valence-electron chi connectivity index (χ1n) is 7.40. The van der Waals surface area contributed by atoms with E-state index < -0.39 is 0 Å². The molecular weight excluding hydrogens is 246 g/mol. The number of rotatable bonds is 3. The van der Waals surface area contributed by atoms with Crippen LogP contribution in [-0.4, -0.2) is 49.5 Å². The molecule has 3 rings (SSSR count). The molecule has 1 spiro atoms. The Labute approximate surface area is 114 Å². The van der Waals surface area contributed by atoms with E-state index >= 15 is 0 Å². The summed E-state index contributed by atoms with van der Waals surface area (Å²) in [5.41, 5.74) is 0.168. The summed E-state index contributed by atoms with van der Waals surface area (Å²) in [5.74, 6) is 3.23. The second kappa shape index (κ2) is 6.12. The predicted octanol–water partition coefficient (Wildman–Crippen LogP) is 2.06. The van der Waals surface area contributed by atoms with Gasteiger partial charge in [-0.3, -0.25) is 0 Å². The number of hydrogen-bond donors (Lipinski definition) is 1. The van der Waals surface area contributed by atoms with Crippen molar-refractivity contribution in [3.8, 4) is 0 Å². The Bertz CT molecular complexity index is 263. The Balaban J connectivity index is 1.44. The van der Waals surface area contributed by atoms with Crippen LogP contribution in [0.2, 0.25) is 0 Å². The highest BCUT2D eigenvalue weighted by atomic mass is 32.2. The number of thioether (sulfide) groups is 1. The van der Waals surface area contributed by atoms with Crippen LogP contribution in [0.3, 0.4) is 0 Å². The minimum Gasteiger partial charge on any atom is -0.378 e. The van der Waals surface area contributed by atoms with Gasteiger partial charge in [-0.2, -0.15) is 11.8 Å². The zero-order valence-corrected chi connectivity index (χ0v) is 12.0. The van der Waals surface area contributed by atoms with E-state index in [1.165, 1.54) is 43.9 Å². The topological polar surface area (TPSA) is 30.5 Å². The maximum Gasteiger partial charge on any atom is 0.0805 e. The standard InChI is InChI=1S/C14H25NO2S/c1-5-15-6-2-12(1)10-16-13-3-7-17-14(9-13)4-8-18-11-14/h12-13,15H,1-11H2. The third-order valence-electron chi connectivity index (χ3n) is 4.54. The smallest absolute Gasteiger partial charge is 0.0805 e. The molecule has 4 heteroatoms. The van der Waals surface area contributed by atoms with E-state index in [9.17, 15) is 0 Å². The molecular formula is C14H25NO2S. The summed E-state index contributed by atoms with van der Waals surface area (Å²) in [6.07, 6.45) is 6.47. The van der Waals surface area contributed by atoms with E-state index in [2.05, 4.69) is 5.32 Å². The van der Waals surface area contributed by atoms with Crippen LogP contribution in [0, 0.1) is 5.92 Å². The molecule has 3 aliphatic rings. The molecule has 0 saturated carbocycles. The molecule has 3 nitrogen and oxygen atoms in total. The van der Waals surface area contributed by atoms with Crippen LogP contribution in [0.5, 0.6) is 0 Å². The Morgan fingerprint density at radius 2 is 2.17 bits per heavy atom. The van der Waals surface area contributed by atoms with Gasteiger partial charge < -0.3 is 14.8 Å². The van der Waals surface area contributed by atoms with Crippen molar-refractivity contribution in [2.24, 2.45) is 5.92 Å². The molecule has 2 atom stereocenters. The molecule has 1 N–H and O–H groups in total. The van der Waals surface area contributed by atoms with E-state index in [1.807, 2.05) is 11.8 Å². The molecule has 3 heterocycles. The van der Waals surface area contributed by atoms with Crippen molar-refractivity contribution in [2.45, 2.75) is 43.8 Å². The monoisotopic (exact) mass is 271 g/mol. The van der Waals surface area contributed by atoms with Gasteiger partial charge in [0.15, 0.2) is 0 Å². The van der Waals surface area contributed by atoms with Gasteiger partial charge >= 0.3 is 0 Å². The van der Waals surface area contributed by atoms with Crippen LogP contribution < -0.4 is 5.32 Å². The molecule has 3 saturated heterocycles. The van der Waals surface area contributed by atoms with Crippen molar-refractivity contribution in [2.75, 3.05) is 37.8 Å². The highest BCUT2D eigenvalue weighted by molar-refractivity contribution is 7.99. The zero-order chi connectivity index (χ0) is 12.3. The van der Waals surface area contributed by atoms with Crippen molar-refractivity contribution in [1.82, 2.24) is 5.32 Å². The predicted molar refractivity (Wildman–Crippen MR) is 75.2 cm³/mol. The van der Waals surface area contributed by atoms with Crippen LogP contribution in [0.1, 0.15) is 32.1 Å². The van der Waals surface area contributed by atoms with Crippen molar-refractivity contribution in [1.29, 1.82) is 0 Å². The quantitative estimate of drug-likeness (QED) is 0.851. The van der Waals surface area contributed by atoms with Gasteiger partial charge in [-0.05, 0) is 50.4 Å². The lowest BCUT2D eigenvalue weighted by atomic mass is 9.91. The first-order chi connectivity index (χ1) is 8.86. The molecule has 0 aromatic carbocycles. The molecule has 18 heavy (non-hydrogen) atoms. The number of nitrogens with one attached hydrogen (secondary N) is 1. The van der Waals surface area contributed by atoms with E-state index in [0.717, 1.165) is 32.0 Å². The summed E-state index contributed by atoms with van der Waals surface area (Å²) < 4.78 is 12.2. The molecule has 0 aromatic rings. The average molecular weight is 271 g/mol. The van der Waals surface area contributed by atoms with Gasteiger partial charge in [-0.1, -0.05) is 0 Å². The van der Waals surface area contributed by atoms with Crippen LogP contribution in [0.15, 0.2) is 0 Å². The summed E-state index contributed by atoms with van der Waals surface area (Å²) >= 11 is 2.04. The molecule has 104 valence electrons.